The molecule has 1 aliphatic heterocycles. The van der Waals surface area contributed by atoms with Crippen LogP contribution in [0.5, 0.6) is 11.8 Å². The minimum Gasteiger partial charge on any atom is -0.480 e. The van der Waals surface area contributed by atoms with Gasteiger partial charge in [0.1, 0.15) is 5.69 Å². The topological polar surface area (TPSA) is 181 Å². The molecule has 0 atom stereocenters. The molecule has 0 bridgehead atoms. The fourth-order valence-corrected chi connectivity index (χ4v) is 3.23. The summed E-state index contributed by atoms with van der Waals surface area (Å²) in [7, 11) is 2.93. The number of guanidine groups is 1. The van der Waals surface area contributed by atoms with E-state index in [1.54, 1.807) is 6.07 Å². The molecule has 0 spiro atoms. The number of rotatable bonds is 5. The van der Waals surface area contributed by atoms with E-state index in [4.69, 9.17) is 26.7 Å². The van der Waals surface area contributed by atoms with E-state index in [1.807, 2.05) is 0 Å². The van der Waals surface area contributed by atoms with Gasteiger partial charge in [0.25, 0.3) is 0 Å². The predicted molar refractivity (Wildman–Crippen MR) is 111 cm³/mol. The number of nitrogens with two attached hydrogens (primary N) is 3. The Morgan fingerprint density at radius 2 is 1.77 bits per heavy atom. The summed E-state index contributed by atoms with van der Waals surface area (Å²) in [4.78, 5) is 27.1. The lowest BCUT2D eigenvalue weighted by atomic mass is 10.1. The van der Waals surface area contributed by atoms with Gasteiger partial charge in [-0.05, 0) is 12.8 Å². The number of aliphatic imine (C=N–C) groups is 1. The number of hydrogen-bond donors (Lipinski definition) is 3. The van der Waals surface area contributed by atoms with Crippen molar-refractivity contribution in [3.8, 4) is 23.0 Å². The molecule has 30 heavy (non-hydrogen) atoms. The zero-order chi connectivity index (χ0) is 21.7. The maximum absolute atomic E-state index is 12.5. The number of anilines is 2. The van der Waals surface area contributed by atoms with Crippen LogP contribution in [0.25, 0.3) is 11.3 Å². The van der Waals surface area contributed by atoms with E-state index in [2.05, 4.69) is 30.1 Å². The van der Waals surface area contributed by atoms with Crippen LogP contribution in [0.3, 0.4) is 0 Å². The number of carbonyl (C=O) groups is 1. The molecule has 1 aliphatic rings. The van der Waals surface area contributed by atoms with Gasteiger partial charge < -0.3 is 31.6 Å². The lowest BCUT2D eigenvalue weighted by Crippen LogP contribution is -2.28. The zero-order valence-corrected chi connectivity index (χ0v) is 17.0. The summed E-state index contributed by atoms with van der Waals surface area (Å²) in [6, 6.07) is 1.61. The van der Waals surface area contributed by atoms with Crippen molar-refractivity contribution >= 4 is 23.5 Å². The van der Waals surface area contributed by atoms with Crippen molar-refractivity contribution in [1.82, 2.24) is 20.2 Å². The highest BCUT2D eigenvalue weighted by Gasteiger charge is 2.26. The molecule has 0 radical (unpaired) electrons. The Balaban J connectivity index is 2.24. The quantitative estimate of drug-likeness (QED) is 0.452. The molecule has 2 aromatic heterocycles. The largest absolute Gasteiger partial charge is 0.480 e. The maximum atomic E-state index is 12.5. The first-order valence-electron chi connectivity index (χ1n) is 9.47. The number of nitrogen functional groups attached to an aromatic ring is 1. The molecular formula is C18H25N9O3. The van der Waals surface area contributed by atoms with Crippen LogP contribution in [0.15, 0.2) is 11.1 Å². The van der Waals surface area contributed by atoms with Gasteiger partial charge in [-0.15, -0.1) is 10.2 Å². The summed E-state index contributed by atoms with van der Waals surface area (Å²) in [6.45, 7) is 1.56. The highest BCUT2D eigenvalue weighted by atomic mass is 16.5. The number of nitrogens with zero attached hydrogens (tertiary/aromatic N) is 6. The van der Waals surface area contributed by atoms with Gasteiger partial charge >= 0.3 is 5.91 Å². The third-order valence-corrected chi connectivity index (χ3v) is 4.64. The third-order valence-electron chi connectivity index (χ3n) is 4.64. The van der Waals surface area contributed by atoms with Gasteiger partial charge in [-0.1, -0.05) is 12.8 Å². The molecular weight excluding hydrogens is 390 g/mol. The first kappa shape index (κ1) is 21.0. The van der Waals surface area contributed by atoms with Crippen molar-refractivity contribution < 1.29 is 14.3 Å². The average molecular weight is 415 g/mol. The van der Waals surface area contributed by atoms with Gasteiger partial charge in [-0.2, -0.15) is 4.99 Å². The lowest BCUT2D eigenvalue weighted by Gasteiger charge is -2.24. The standard InChI is InChI=1S/C18H25N9O3/c1-29-11-9-10(17(30-2)26-25-11)12-15(27-7-5-3-4-6-8-27)23-14(19)13(22-12)16(28)24-18(20)21/h9H,3-8H2,1-2H3,(H2,19,23)(H4,20,21,24,28). The van der Waals surface area contributed by atoms with Crippen LogP contribution in [-0.4, -0.2) is 59.3 Å². The number of amides is 1. The second kappa shape index (κ2) is 9.20. The highest BCUT2D eigenvalue weighted by molar-refractivity contribution is 6.04. The molecule has 2 aromatic rings. The number of ether oxygens (including phenoxy) is 2. The molecule has 160 valence electrons. The Bertz CT molecular complexity index is 952. The van der Waals surface area contributed by atoms with Crippen LogP contribution >= 0.6 is 0 Å². The highest BCUT2D eigenvalue weighted by Crippen LogP contribution is 2.36. The van der Waals surface area contributed by atoms with Crippen LogP contribution in [0.4, 0.5) is 11.6 Å². The van der Waals surface area contributed by atoms with Crippen LogP contribution < -0.4 is 31.6 Å². The number of methoxy groups -OCH3 is 2. The van der Waals surface area contributed by atoms with Gasteiger partial charge in [0, 0.05) is 19.2 Å². The number of aromatic nitrogens is 4. The molecule has 1 saturated heterocycles. The minimum absolute atomic E-state index is 0.0686. The van der Waals surface area contributed by atoms with Gasteiger partial charge in [0.05, 0.1) is 19.8 Å². The molecule has 12 nitrogen and oxygen atoms in total. The van der Waals surface area contributed by atoms with E-state index < -0.39 is 11.9 Å². The normalized spacial score (nSPS) is 14.0. The van der Waals surface area contributed by atoms with E-state index in [0.29, 0.717) is 17.1 Å². The monoisotopic (exact) mass is 415 g/mol. The fraction of sp³-hybridized carbons (Fsp3) is 0.444. The van der Waals surface area contributed by atoms with E-state index >= 15 is 0 Å². The SMILES string of the molecule is COc1cc(-c2nc(C(=O)N=C(N)N)c(N)nc2N2CCCCCC2)c(OC)nn1. The summed E-state index contributed by atoms with van der Waals surface area (Å²) in [5, 5.41) is 7.95. The Morgan fingerprint density at radius 1 is 1.07 bits per heavy atom. The molecule has 1 fully saturated rings. The molecule has 6 N–H and O–H groups in total. The zero-order valence-electron chi connectivity index (χ0n) is 17.0. The van der Waals surface area contributed by atoms with Crippen molar-refractivity contribution in [2.45, 2.75) is 25.7 Å². The van der Waals surface area contributed by atoms with Crippen LogP contribution in [0.2, 0.25) is 0 Å². The molecule has 0 aliphatic carbocycles. The summed E-state index contributed by atoms with van der Waals surface area (Å²) in [6.07, 6.45) is 4.27. The van der Waals surface area contributed by atoms with Crippen molar-refractivity contribution in [3.63, 3.8) is 0 Å². The Labute approximate surface area is 173 Å². The van der Waals surface area contributed by atoms with Gasteiger partial charge in [0.2, 0.25) is 11.8 Å². The Hall–Kier alpha value is -3.70. The van der Waals surface area contributed by atoms with Crippen LogP contribution in [-0.2, 0) is 0 Å². The summed E-state index contributed by atoms with van der Waals surface area (Å²) in [5.74, 6) is -0.291. The van der Waals surface area contributed by atoms with Gasteiger partial charge in [0.15, 0.2) is 23.3 Å². The van der Waals surface area contributed by atoms with E-state index in [0.717, 1.165) is 38.8 Å². The molecule has 12 heteroatoms. The van der Waals surface area contributed by atoms with Crippen LogP contribution in [0, 0.1) is 0 Å². The van der Waals surface area contributed by atoms with Gasteiger partial charge in [-0.3, -0.25) is 4.79 Å². The molecule has 0 saturated carbocycles. The van der Waals surface area contributed by atoms with Crippen LogP contribution in [0.1, 0.15) is 36.2 Å². The average Bonchev–Trinajstić information content (AvgIpc) is 3.02. The van der Waals surface area contributed by atoms with Crippen molar-refractivity contribution in [2.75, 3.05) is 37.9 Å². The van der Waals surface area contributed by atoms with Crippen molar-refractivity contribution in [2.24, 2.45) is 16.5 Å². The van der Waals surface area contributed by atoms with Gasteiger partial charge in [-0.25, -0.2) is 9.97 Å². The molecule has 3 heterocycles. The second-order valence-electron chi connectivity index (χ2n) is 6.68. The predicted octanol–water partition coefficient (Wildman–Crippen LogP) is 0.327. The first-order chi connectivity index (χ1) is 14.4. The minimum atomic E-state index is -0.795. The smallest absolute Gasteiger partial charge is 0.302 e. The molecule has 1 amide bonds. The maximum Gasteiger partial charge on any atom is 0.302 e. The second-order valence-corrected chi connectivity index (χ2v) is 6.68. The van der Waals surface area contributed by atoms with E-state index in [-0.39, 0.29) is 23.3 Å². The Kier molecular flexibility index (Phi) is 6.45. The third kappa shape index (κ3) is 4.47. The van der Waals surface area contributed by atoms with Crippen molar-refractivity contribution in [1.29, 1.82) is 0 Å². The summed E-state index contributed by atoms with van der Waals surface area (Å²) in [5.41, 5.74) is 17.4. The summed E-state index contributed by atoms with van der Waals surface area (Å²) >= 11 is 0. The summed E-state index contributed by atoms with van der Waals surface area (Å²) < 4.78 is 10.6. The molecule has 3 rings (SSSR count). The fourth-order valence-electron chi connectivity index (χ4n) is 3.23. The number of hydrogen-bond acceptors (Lipinski definition) is 9. The Morgan fingerprint density at radius 3 is 2.37 bits per heavy atom. The molecule has 0 aromatic carbocycles. The lowest BCUT2D eigenvalue weighted by molar-refractivity contribution is 0.0998. The van der Waals surface area contributed by atoms with E-state index in [1.165, 1.54) is 14.2 Å². The number of carbonyl (C=O) groups excluding carboxylic acids is 1. The van der Waals surface area contributed by atoms with E-state index in [9.17, 15) is 4.79 Å². The molecule has 0 unspecified atom stereocenters. The first-order valence-corrected chi connectivity index (χ1v) is 9.47. The van der Waals surface area contributed by atoms with Crippen molar-refractivity contribution in [3.05, 3.63) is 11.8 Å².